The van der Waals surface area contributed by atoms with E-state index >= 15 is 0 Å². The van der Waals surface area contributed by atoms with Crippen molar-refractivity contribution in [2.75, 3.05) is 31.8 Å². The van der Waals surface area contributed by atoms with Gasteiger partial charge in [-0.25, -0.2) is 8.42 Å². The molecule has 0 saturated carbocycles. The van der Waals surface area contributed by atoms with Crippen LogP contribution < -0.4 is 4.74 Å². The van der Waals surface area contributed by atoms with Crippen molar-refractivity contribution in [2.45, 2.75) is 38.6 Å². The molecule has 0 bridgehead atoms. The molecule has 1 aliphatic heterocycles. The normalized spacial score (nSPS) is 17.7. The van der Waals surface area contributed by atoms with Crippen LogP contribution in [-0.4, -0.2) is 63.0 Å². The maximum atomic E-state index is 12.7. The van der Waals surface area contributed by atoms with E-state index in [4.69, 9.17) is 13.9 Å². The van der Waals surface area contributed by atoms with E-state index in [-0.39, 0.29) is 29.9 Å². The first kappa shape index (κ1) is 22.1. The molecular formula is C21H27NO7S. The van der Waals surface area contributed by atoms with Crippen LogP contribution in [0.5, 0.6) is 5.75 Å². The van der Waals surface area contributed by atoms with Crippen LogP contribution in [0.15, 0.2) is 28.9 Å². The number of rotatable bonds is 9. The van der Waals surface area contributed by atoms with Crippen LogP contribution in [0.3, 0.4) is 0 Å². The molecule has 30 heavy (non-hydrogen) atoms. The van der Waals surface area contributed by atoms with Crippen molar-refractivity contribution in [3.8, 4) is 5.75 Å². The average Bonchev–Trinajstić information content (AvgIpc) is 3.28. The molecule has 3 rings (SSSR count). The molecule has 1 aliphatic rings. The first-order valence-electron chi connectivity index (χ1n) is 10.0. The molecule has 1 amide bonds. The van der Waals surface area contributed by atoms with Gasteiger partial charge in [-0.1, -0.05) is 13.3 Å². The van der Waals surface area contributed by atoms with Gasteiger partial charge < -0.3 is 18.8 Å². The largest absolute Gasteiger partial charge is 0.497 e. The number of carbonyl (C=O) groups is 2. The molecule has 9 heteroatoms. The van der Waals surface area contributed by atoms with Gasteiger partial charge in [0.05, 0.1) is 31.3 Å². The molecule has 0 N–H and O–H groups in total. The summed E-state index contributed by atoms with van der Waals surface area (Å²) in [5.74, 6) is -0.193. The Bertz CT molecular complexity index is 1010. The van der Waals surface area contributed by atoms with Gasteiger partial charge in [0, 0.05) is 29.6 Å². The molecule has 2 heterocycles. The van der Waals surface area contributed by atoms with Crippen LogP contribution in [0.1, 0.15) is 31.7 Å². The van der Waals surface area contributed by atoms with Crippen LogP contribution in [-0.2, 0) is 30.6 Å². The van der Waals surface area contributed by atoms with E-state index in [0.717, 1.165) is 18.2 Å². The highest BCUT2D eigenvalue weighted by atomic mass is 32.2. The quantitative estimate of drug-likeness (QED) is 0.555. The molecule has 0 radical (unpaired) electrons. The van der Waals surface area contributed by atoms with Crippen molar-refractivity contribution < 1.29 is 31.9 Å². The van der Waals surface area contributed by atoms with Gasteiger partial charge in [0.25, 0.3) is 5.91 Å². The predicted octanol–water partition coefficient (Wildman–Crippen LogP) is 2.34. The first-order valence-corrected chi connectivity index (χ1v) is 11.8. The number of benzene rings is 1. The lowest BCUT2D eigenvalue weighted by molar-refractivity contribution is -0.152. The van der Waals surface area contributed by atoms with Crippen LogP contribution in [0, 0.1) is 0 Å². The molecule has 0 spiro atoms. The fourth-order valence-electron chi connectivity index (χ4n) is 3.62. The highest BCUT2D eigenvalue weighted by Gasteiger charge is 2.34. The number of esters is 1. The number of carbonyl (C=O) groups excluding carboxylic acids is 2. The van der Waals surface area contributed by atoms with Gasteiger partial charge in [-0.3, -0.25) is 9.59 Å². The van der Waals surface area contributed by atoms with Crippen molar-refractivity contribution >= 4 is 32.7 Å². The van der Waals surface area contributed by atoms with E-state index < -0.39 is 22.4 Å². The molecule has 1 saturated heterocycles. The topological polar surface area (TPSA) is 103 Å². The summed E-state index contributed by atoms with van der Waals surface area (Å²) in [6.45, 7) is 2.06. The minimum Gasteiger partial charge on any atom is -0.497 e. The van der Waals surface area contributed by atoms with Gasteiger partial charge in [-0.15, -0.1) is 0 Å². The molecule has 0 aliphatic carbocycles. The summed E-state index contributed by atoms with van der Waals surface area (Å²) in [5, 5.41) is 0.778. The van der Waals surface area contributed by atoms with Crippen LogP contribution >= 0.6 is 0 Å². The monoisotopic (exact) mass is 437 g/mol. The van der Waals surface area contributed by atoms with Gasteiger partial charge in [0.2, 0.25) is 0 Å². The van der Waals surface area contributed by atoms with Crippen molar-refractivity contribution in [3.63, 3.8) is 0 Å². The minimum atomic E-state index is -3.11. The number of fused-ring (bicyclic) bond motifs is 1. The van der Waals surface area contributed by atoms with E-state index in [1.807, 2.05) is 6.92 Å². The molecule has 1 atom stereocenters. The number of hydrogen-bond acceptors (Lipinski definition) is 7. The fourth-order valence-corrected chi connectivity index (χ4v) is 5.35. The summed E-state index contributed by atoms with van der Waals surface area (Å²) < 4.78 is 39.4. The van der Waals surface area contributed by atoms with E-state index in [1.54, 1.807) is 30.2 Å². The Morgan fingerprint density at radius 1 is 1.30 bits per heavy atom. The maximum Gasteiger partial charge on any atom is 0.310 e. The summed E-state index contributed by atoms with van der Waals surface area (Å²) in [6, 6.07) is 4.96. The molecule has 2 aromatic rings. The predicted molar refractivity (Wildman–Crippen MR) is 111 cm³/mol. The second-order valence-corrected chi connectivity index (χ2v) is 9.69. The standard InChI is InChI=1S/C21H27NO7S/c1-3-4-8-22(16-7-9-30(25,26)14-16)20(23)13-29-21(24)10-15-12-28-19-11-17(27-2)5-6-18(15)19/h5-6,11-12,16H,3-4,7-10,13-14H2,1-2H3. The number of amides is 1. The van der Waals surface area contributed by atoms with Crippen LogP contribution in [0.4, 0.5) is 0 Å². The Labute approximate surface area is 176 Å². The Morgan fingerprint density at radius 2 is 2.10 bits per heavy atom. The lowest BCUT2D eigenvalue weighted by Gasteiger charge is -2.28. The average molecular weight is 438 g/mol. The van der Waals surface area contributed by atoms with Gasteiger partial charge in [0.15, 0.2) is 16.4 Å². The minimum absolute atomic E-state index is 0.0269. The zero-order valence-corrected chi connectivity index (χ0v) is 18.1. The third kappa shape index (κ3) is 5.33. The summed E-state index contributed by atoms with van der Waals surface area (Å²) in [6.07, 6.45) is 3.53. The number of unbranched alkanes of at least 4 members (excludes halogenated alkanes) is 1. The number of furan rings is 1. The molecule has 164 valence electrons. The lowest BCUT2D eigenvalue weighted by Crippen LogP contribution is -2.44. The lowest BCUT2D eigenvalue weighted by atomic mass is 10.1. The number of nitrogens with zero attached hydrogens (tertiary/aromatic N) is 1. The van der Waals surface area contributed by atoms with Crippen LogP contribution in [0.2, 0.25) is 0 Å². The van der Waals surface area contributed by atoms with E-state index in [1.165, 1.54) is 6.26 Å². The Morgan fingerprint density at radius 3 is 2.77 bits per heavy atom. The Balaban J connectivity index is 1.59. The van der Waals surface area contributed by atoms with Crippen molar-refractivity contribution in [1.29, 1.82) is 0 Å². The highest BCUT2D eigenvalue weighted by molar-refractivity contribution is 7.91. The Hall–Kier alpha value is -2.55. The first-order chi connectivity index (χ1) is 14.3. The zero-order valence-electron chi connectivity index (χ0n) is 17.3. The van der Waals surface area contributed by atoms with E-state index in [9.17, 15) is 18.0 Å². The molecular weight excluding hydrogens is 410 g/mol. The Kier molecular flexibility index (Phi) is 7.02. The van der Waals surface area contributed by atoms with Gasteiger partial charge in [-0.05, 0) is 25.0 Å². The van der Waals surface area contributed by atoms with Gasteiger partial charge >= 0.3 is 5.97 Å². The number of methoxy groups -OCH3 is 1. The third-order valence-electron chi connectivity index (χ3n) is 5.28. The molecule has 1 aromatic carbocycles. The van der Waals surface area contributed by atoms with E-state index in [0.29, 0.717) is 29.9 Å². The second kappa shape index (κ2) is 9.51. The maximum absolute atomic E-state index is 12.7. The molecule has 1 aromatic heterocycles. The van der Waals surface area contributed by atoms with Crippen molar-refractivity contribution in [3.05, 3.63) is 30.0 Å². The zero-order chi connectivity index (χ0) is 21.7. The fraction of sp³-hybridized carbons (Fsp3) is 0.524. The number of sulfone groups is 1. The smallest absolute Gasteiger partial charge is 0.310 e. The summed E-state index contributed by atoms with van der Waals surface area (Å²) in [7, 11) is -1.55. The summed E-state index contributed by atoms with van der Waals surface area (Å²) >= 11 is 0. The summed E-state index contributed by atoms with van der Waals surface area (Å²) in [5.41, 5.74) is 1.26. The molecule has 1 unspecified atom stereocenters. The molecule has 1 fully saturated rings. The van der Waals surface area contributed by atoms with Gasteiger partial charge in [0.1, 0.15) is 11.3 Å². The van der Waals surface area contributed by atoms with Crippen LogP contribution in [0.25, 0.3) is 11.0 Å². The van der Waals surface area contributed by atoms with Gasteiger partial charge in [-0.2, -0.15) is 0 Å². The number of hydrogen-bond donors (Lipinski definition) is 0. The van der Waals surface area contributed by atoms with Crippen molar-refractivity contribution in [1.82, 2.24) is 4.90 Å². The SMILES string of the molecule is CCCCN(C(=O)COC(=O)Cc1coc2cc(OC)ccc12)C1CCS(=O)(=O)C1. The number of ether oxygens (including phenoxy) is 2. The second-order valence-electron chi connectivity index (χ2n) is 7.46. The van der Waals surface area contributed by atoms with Crippen molar-refractivity contribution in [2.24, 2.45) is 0 Å². The highest BCUT2D eigenvalue weighted by Crippen LogP contribution is 2.26. The summed E-state index contributed by atoms with van der Waals surface area (Å²) in [4.78, 5) is 26.5. The third-order valence-corrected chi connectivity index (χ3v) is 7.03. The molecule has 8 nitrogen and oxygen atoms in total. The van der Waals surface area contributed by atoms with E-state index in [2.05, 4.69) is 0 Å².